The van der Waals surface area contributed by atoms with Crippen LogP contribution in [0.4, 0.5) is 26.3 Å². The first-order valence-electron chi connectivity index (χ1n) is 19.8. The lowest BCUT2D eigenvalue weighted by Crippen LogP contribution is -2.10. The summed E-state index contributed by atoms with van der Waals surface area (Å²) in [6, 6.07) is 42.0. The molecule has 0 saturated heterocycles. The quantitative estimate of drug-likeness (QED) is 0.157. The lowest BCUT2D eigenvalue weighted by Gasteiger charge is -2.18. The summed E-state index contributed by atoms with van der Waals surface area (Å²) in [6.45, 7) is 0. The Balaban J connectivity index is 1.32. The van der Waals surface area contributed by atoms with E-state index in [9.17, 15) is 47.4 Å². The molecule has 0 amide bonds. The number of nitriles is 4. The summed E-state index contributed by atoms with van der Waals surface area (Å²) in [6.07, 6.45) is -9.73. The first-order valence-corrected chi connectivity index (χ1v) is 19.8. The van der Waals surface area contributed by atoms with Crippen molar-refractivity contribution in [3.8, 4) is 69.8 Å². The maximum atomic E-state index is 14.8. The Morgan fingerprint density at radius 3 is 1.03 bits per heavy atom. The van der Waals surface area contributed by atoms with Gasteiger partial charge in [-0.15, -0.1) is 0 Å². The number of fused-ring (bicyclic) bond motifs is 6. The van der Waals surface area contributed by atoms with Gasteiger partial charge >= 0.3 is 12.4 Å². The van der Waals surface area contributed by atoms with Gasteiger partial charge in [0, 0.05) is 38.2 Å². The molecule has 3 heterocycles. The average Bonchev–Trinajstić information content (AvgIpc) is 3.83. The van der Waals surface area contributed by atoms with E-state index in [0.717, 1.165) is 24.3 Å². The molecule has 3 aromatic heterocycles. The first kappa shape index (κ1) is 40.7. The van der Waals surface area contributed by atoms with Crippen molar-refractivity contribution in [1.82, 2.24) is 24.1 Å². The minimum atomic E-state index is -4.86. The Kier molecular flexibility index (Phi) is 9.38. The van der Waals surface area contributed by atoms with E-state index >= 15 is 0 Å². The lowest BCUT2D eigenvalue weighted by molar-refractivity contribution is -0.138. The Labute approximate surface area is 369 Å². The number of aromatic nitrogens is 5. The van der Waals surface area contributed by atoms with E-state index in [0.29, 0.717) is 71.4 Å². The Morgan fingerprint density at radius 1 is 0.379 bits per heavy atom. The standard InChI is InChI=1S/C51H23F6N9/c52-50(53,54)33-10-16-45(65-41-12-6-28(24-58)18-35(41)36-19-29(25-59)7-13-42(36)65)39(22-33)48-62-47(32-4-2-1-3-5-32)63-49(64-48)40-23-34(51(55,56)57)11-17-46(40)66-43-14-8-30(26-60)20-37(43)38-21-31(27-61)9-15-44(38)66/h1-23H. The molecule has 0 radical (unpaired) electrons. The van der Waals surface area contributed by atoms with Crippen LogP contribution in [-0.2, 0) is 12.4 Å². The molecule has 7 aromatic carbocycles. The molecule has 0 bridgehead atoms. The molecule has 10 rings (SSSR count). The monoisotopic (exact) mass is 875 g/mol. The molecule has 10 aromatic rings. The third kappa shape index (κ3) is 6.76. The van der Waals surface area contributed by atoms with Crippen LogP contribution in [0.25, 0.3) is 89.2 Å². The number of alkyl halides is 6. The van der Waals surface area contributed by atoms with Crippen molar-refractivity contribution in [2.24, 2.45) is 0 Å². The van der Waals surface area contributed by atoms with Crippen LogP contribution in [0.15, 0.2) is 140 Å². The molecule has 0 fully saturated rings. The van der Waals surface area contributed by atoms with Crippen molar-refractivity contribution in [2.75, 3.05) is 0 Å². The maximum Gasteiger partial charge on any atom is 0.416 e. The van der Waals surface area contributed by atoms with Crippen molar-refractivity contribution in [3.05, 3.63) is 173 Å². The highest BCUT2D eigenvalue weighted by Crippen LogP contribution is 2.43. The molecule has 0 spiro atoms. The Hall–Kier alpha value is -9.31. The molecular weight excluding hydrogens is 853 g/mol. The van der Waals surface area contributed by atoms with Crippen LogP contribution in [0.2, 0.25) is 0 Å². The molecular formula is C51H23F6N9. The van der Waals surface area contributed by atoms with E-state index < -0.39 is 23.5 Å². The smallest absolute Gasteiger partial charge is 0.308 e. The van der Waals surface area contributed by atoms with Gasteiger partial charge < -0.3 is 9.13 Å². The molecule has 0 N–H and O–H groups in total. The topological polar surface area (TPSA) is 144 Å². The van der Waals surface area contributed by atoms with Crippen molar-refractivity contribution in [1.29, 1.82) is 21.0 Å². The molecule has 0 aliphatic heterocycles. The summed E-state index contributed by atoms with van der Waals surface area (Å²) in [4.78, 5) is 14.2. The average molecular weight is 876 g/mol. The number of benzene rings is 7. The molecule has 0 aliphatic rings. The number of hydrogen-bond acceptors (Lipinski definition) is 7. The molecule has 15 heteroatoms. The van der Waals surface area contributed by atoms with Gasteiger partial charge in [0.2, 0.25) is 0 Å². The van der Waals surface area contributed by atoms with E-state index in [1.165, 1.54) is 12.1 Å². The Bertz CT molecular complexity index is 3480. The highest BCUT2D eigenvalue weighted by Gasteiger charge is 2.34. The van der Waals surface area contributed by atoms with E-state index in [-0.39, 0.29) is 40.0 Å². The molecule has 66 heavy (non-hydrogen) atoms. The molecule has 0 saturated carbocycles. The fourth-order valence-electron chi connectivity index (χ4n) is 8.35. The van der Waals surface area contributed by atoms with E-state index in [1.807, 2.05) is 0 Å². The summed E-state index contributed by atoms with van der Waals surface area (Å²) < 4.78 is 91.9. The summed E-state index contributed by atoms with van der Waals surface area (Å²) in [7, 11) is 0. The van der Waals surface area contributed by atoms with E-state index in [4.69, 9.17) is 15.0 Å². The predicted molar refractivity (Wildman–Crippen MR) is 234 cm³/mol. The van der Waals surface area contributed by atoms with Crippen LogP contribution in [0.1, 0.15) is 33.4 Å². The van der Waals surface area contributed by atoms with Crippen molar-refractivity contribution >= 4 is 43.6 Å². The van der Waals surface area contributed by atoms with Crippen LogP contribution >= 0.6 is 0 Å². The molecule has 0 atom stereocenters. The van der Waals surface area contributed by atoms with Crippen LogP contribution in [0.3, 0.4) is 0 Å². The van der Waals surface area contributed by atoms with Gasteiger partial charge in [-0.2, -0.15) is 47.4 Å². The van der Waals surface area contributed by atoms with Crippen LogP contribution in [0.5, 0.6) is 0 Å². The summed E-state index contributed by atoms with van der Waals surface area (Å²) in [5.74, 6) is -0.707. The highest BCUT2D eigenvalue weighted by atomic mass is 19.4. The normalized spacial score (nSPS) is 11.7. The van der Waals surface area contributed by atoms with Gasteiger partial charge in [-0.05, 0) is 109 Å². The summed E-state index contributed by atoms with van der Waals surface area (Å²) >= 11 is 0. The number of nitrogens with zero attached hydrogens (tertiary/aromatic N) is 9. The van der Waals surface area contributed by atoms with Gasteiger partial charge in [-0.25, -0.2) is 15.0 Å². The van der Waals surface area contributed by atoms with Gasteiger partial charge in [0.15, 0.2) is 17.5 Å². The number of rotatable bonds is 5. The molecule has 0 unspecified atom stereocenters. The van der Waals surface area contributed by atoms with Crippen LogP contribution < -0.4 is 0 Å². The van der Waals surface area contributed by atoms with E-state index in [2.05, 4.69) is 24.3 Å². The van der Waals surface area contributed by atoms with Gasteiger partial charge in [-0.3, -0.25) is 0 Å². The predicted octanol–water partition coefficient (Wildman–Crippen LogP) is 12.6. The number of halogens is 6. The molecule has 0 aliphatic carbocycles. The lowest BCUT2D eigenvalue weighted by atomic mass is 10.0. The van der Waals surface area contributed by atoms with Crippen molar-refractivity contribution < 1.29 is 26.3 Å². The first-order chi connectivity index (χ1) is 31.8. The van der Waals surface area contributed by atoms with Gasteiger partial charge in [0.05, 0.1) is 91.1 Å². The number of hydrogen-bond donors (Lipinski definition) is 0. The fraction of sp³-hybridized carbons (Fsp3) is 0.0392. The maximum absolute atomic E-state index is 14.8. The second-order valence-corrected chi connectivity index (χ2v) is 15.2. The minimum Gasteiger partial charge on any atom is -0.308 e. The van der Waals surface area contributed by atoms with Gasteiger partial charge in [0.25, 0.3) is 0 Å². The Morgan fingerprint density at radius 2 is 0.712 bits per heavy atom. The van der Waals surface area contributed by atoms with Gasteiger partial charge in [0.1, 0.15) is 0 Å². The minimum absolute atomic E-state index is 0.0681. The zero-order valence-corrected chi connectivity index (χ0v) is 33.6. The second kappa shape index (κ2) is 15.2. The second-order valence-electron chi connectivity index (χ2n) is 15.2. The summed E-state index contributed by atoms with van der Waals surface area (Å²) in [5.41, 5.74) is 1.20. The third-order valence-electron chi connectivity index (χ3n) is 11.3. The SMILES string of the molecule is N#Cc1ccc2c(c1)c1cc(C#N)ccc1n2-c1ccc(C(F)(F)F)cc1-c1nc(-c2ccccc2)nc(-c2cc(C(F)(F)F)ccc2-n2c3ccc(C#N)cc3c3cc(C#N)ccc32)n1. The van der Waals surface area contributed by atoms with Crippen molar-refractivity contribution in [2.45, 2.75) is 12.4 Å². The summed E-state index contributed by atoms with van der Waals surface area (Å²) in [5, 5.41) is 41.3. The van der Waals surface area contributed by atoms with E-state index in [1.54, 1.807) is 112 Å². The van der Waals surface area contributed by atoms with Crippen LogP contribution in [-0.4, -0.2) is 24.1 Å². The highest BCUT2D eigenvalue weighted by molar-refractivity contribution is 6.11. The third-order valence-corrected chi connectivity index (χ3v) is 11.3. The fourth-order valence-corrected chi connectivity index (χ4v) is 8.35. The zero-order chi connectivity index (χ0) is 46.1. The zero-order valence-electron chi connectivity index (χ0n) is 33.6. The molecule has 9 nitrogen and oxygen atoms in total. The van der Waals surface area contributed by atoms with Gasteiger partial charge in [-0.1, -0.05) is 30.3 Å². The van der Waals surface area contributed by atoms with Crippen LogP contribution in [0, 0.1) is 45.3 Å². The largest absolute Gasteiger partial charge is 0.416 e. The molecule has 314 valence electrons. The van der Waals surface area contributed by atoms with Crippen molar-refractivity contribution in [3.63, 3.8) is 0 Å².